The van der Waals surface area contributed by atoms with E-state index in [2.05, 4.69) is 5.32 Å². The van der Waals surface area contributed by atoms with E-state index in [4.69, 9.17) is 9.47 Å². The van der Waals surface area contributed by atoms with Gasteiger partial charge in [-0.05, 0) is 12.1 Å². The second kappa shape index (κ2) is 4.40. The highest BCUT2D eigenvalue weighted by atomic mass is 16.7. The Morgan fingerprint density at radius 1 is 1.05 bits per heavy atom. The molecule has 4 heteroatoms. The lowest BCUT2D eigenvalue weighted by molar-refractivity contribution is -0.187. The number of rotatable bonds is 2. The Morgan fingerprint density at radius 3 is 2.47 bits per heavy atom. The molecule has 0 aliphatic carbocycles. The number of carbonyl (C=O) groups is 1. The largest absolute Gasteiger partial charge is 0.447 e. The van der Waals surface area contributed by atoms with Crippen LogP contribution in [0.5, 0.6) is 5.75 Å². The van der Waals surface area contributed by atoms with Crippen LogP contribution in [0.3, 0.4) is 0 Å². The lowest BCUT2D eigenvalue weighted by atomic mass is 10.0. The molecule has 1 amide bonds. The van der Waals surface area contributed by atoms with Crippen molar-refractivity contribution in [1.82, 2.24) is 0 Å². The number of nitrogens with one attached hydrogen (secondary N) is 1. The molecular formula is C15H13NO3. The molecule has 19 heavy (non-hydrogen) atoms. The SMILES string of the molecule is COC1(c2ccccc2)Oc2ccccc2NC1=O. The maximum Gasteiger partial charge on any atom is 0.318 e. The fourth-order valence-corrected chi connectivity index (χ4v) is 2.16. The second-order valence-corrected chi connectivity index (χ2v) is 4.24. The molecule has 1 heterocycles. The molecule has 96 valence electrons. The Labute approximate surface area is 111 Å². The molecule has 3 rings (SSSR count). The predicted molar refractivity (Wildman–Crippen MR) is 70.8 cm³/mol. The molecule has 1 atom stereocenters. The first kappa shape index (κ1) is 11.7. The van der Waals surface area contributed by atoms with Crippen LogP contribution in [-0.4, -0.2) is 13.0 Å². The van der Waals surface area contributed by atoms with Crippen molar-refractivity contribution in [1.29, 1.82) is 0 Å². The first-order chi connectivity index (χ1) is 9.26. The third-order valence-electron chi connectivity index (χ3n) is 3.13. The predicted octanol–water partition coefficient (Wildman–Crippen LogP) is 2.52. The minimum absolute atomic E-state index is 0.333. The van der Waals surface area contributed by atoms with E-state index < -0.39 is 5.79 Å². The summed E-state index contributed by atoms with van der Waals surface area (Å²) in [6, 6.07) is 16.4. The highest BCUT2D eigenvalue weighted by Gasteiger charge is 2.47. The summed E-state index contributed by atoms with van der Waals surface area (Å²) in [6.07, 6.45) is 0. The summed E-state index contributed by atoms with van der Waals surface area (Å²) in [5.41, 5.74) is 1.31. The summed E-state index contributed by atoms with van der Waals surface area (Å²) in [4.78, 5) is 12.3. The molecule has 0 spiro atoms. The summed E-state index contributed by atoms with van der Waals surface area (Å²) in [6.45, 7) is 0. The number of benzene rings is 2. The zero-order valence-electron chi connectivity index (χ0n) is 10.4. The van der Waals surface area contributed by atoms with Gasteiger partial charge in [0.15, 0.2) is 0 Å². The van der Waals surface area contributed by atoms with Crippen molar-refractivity contribution in [2.24, 2.45) is 0 Å². The lowest BCUT2D eigenvalue weighted by Crippen LogP contribution is -2.49. The standard InChI is InChI=1S/C15H13NO3/c1-18-15(11-7-3-2-4-8-11)14(17)16-12-9-5-6-10-13(12)19-15/h2-10H,1H3,(H,16,17). The molecule has 0 aromatic heterocycles. The van der Waals surface area contributed by atoms with Gasteiger partial charge in [0.2, 0.25) is 0 Å². The smallest absolute Gasteiger partial charge is 0.318 e. The maximum atomic E-state index is 12.3. The number of hydrogen-bond donors (Lipinski definition) is 1. The van der Waals surface area contributed by atoms with Crippen molar-refractivity contribution in [3.63, 3.8) is 0 Å². The fourth-order valence-electron chi connectivity index (χ4n) is 2.16. The van der Waals surface area contributed by atoms with E-state index in [9.17, 15) is 4.79 Å². The van der Waals surface area contributed by atoms with E-state index >= 15 is 0 Å². The van der Waals surface area contributed by atoms with Crippen LogP contribution in [-0.2, 0) is 15.3 Å². The van der Waals surface area contributed by atoms with Gasteiger partial charge in [0.05, 0.1) is 5.69 Å². The van der Waals surface area contributed by atoms with Gasteiger partial charge in [-0.25, -0.2) is 0 Å². The Hall–Kier alpha value is -2.33. The number of carbonyl (C=O) groups excluding carboxylic acids is 1. The van der Waals surface area contributed by atoms with Gasteiger partial charge in [-0.15, -0.1) is 0 Å². The number of hydrogen-bond acceptors (Lipinski definition) is 3. The van der Waals surface area contributed by atoms with Gasteiger partial charge >= 0.3 is 11.7 Å². The molecule has 0 fully saturated rings. The molecule has 1 aliphatic rings. The Bertz CT molecular complexity index is 612. The molecule has 2 aromatic rings. The lowest BCUT2D eigenvalue weighted by Gasteiger charge is -2.36. The third kappa shape index (κ3) is 1.77. The van der Waals surface area contributed by atoms with Crippen LogP contribution < -0.4 is 10.1 Å². The summed E-state index contributed by atoms with van der Waals surface area (Å²) >= 11 is 0. The molecule has 0 bridgehead atoms. The van der Waals surface area contributed by atoms with Crippen molar-refractivity contribution in [3.8, 4) is 5.75 Å². The van der Waals surface area contributed by atoms with Gasteiger partial charge < -0.3 is 14.8 Å². The summed E-state index contributed by atoms with van der Waals surface area (Å²) < 4.78 is 11.2. The molecule has 1 unspecified atom stereocenters. The third-order valence-corrected chi connectivity index (χ3v) is 3.13. The Kier molecular flexibility index (Phi) is 2.72. The summed E-state index contributed by atoms with van der Waals surface area (Å²) in [7, 11) is 1.46. The first-order valence-corrected chi connectivity index (χ1v) is 5.96. The number of methoxy groups -OCH3 is 1. The first-order valence-electron chi connectivity index (χ1n) is 5.96. The van der Waals surface area contributed by atoms with E-state index in [1.165, 1.54) is 7.11 Å². The number of anilines is 1. The van der Waals surface area contributed by atoms with Crippen molar-refractivity contribution in [2.45, 2.75) is 5.79 Å². The van der Waals surface area contributed by atoms with E-state index in [1.807, 2.05) is 30.3 Å². The summed E-state index contributed by atoms with van der Waals surface area (Å²) in [5.74, 6) is -1.18. The average molecular weight is 255 g/mol. The summed E-state index contributed by atoms with van der Waals surface area (Å²) in [5, 5.41) is 2.81. The highest BCUT2D eigenvalue weighted by molar-refractivity contribution is 6.00. The topological polar surface area (TPSA) is 47.6 Å². The molecule has 1 aliphatic heterocycles. The van der Waals surface area contributed by atoms with Crippen molar-refractivity contribution in [3.05, 3.63) is 60.2 Å². The van der Waals surface area contributed by atoms with Crippen molar-refractivity contribution >= 4 is 11.6 Å². The number of ether oxygens (including phenoxy) is 2. The number of amides is 1. The minimum atomic E-state index is -1.43. The molecule has 1 N–H and O–H groups in total. The van der Waals surface area contributed by atoms with Gasteiger partial charge in [0.1, 0.15) is 5.75 Å². The molecule has 2 aromatic carbocycles. The maximum absolute atomic E-state index is 12.3. The van der Waals surface area contributed by atoms with Crippen LogP contribution in [0.4, 0.5) is 5.69 Å². The Morgan fingerprint density at radius 2 is 1.74 bits per heavy atom. The van der Waals surface area contributed by atoms with Crippen LogP contribution in [0, 0.1) is 0 Å². The van der Waals surface area contributed by atoms with Crippen LogP contribution >= 0.6 is 0 Å². The molecule has 4 nitrogen and oxygen atoms in total. The van der Waals surface area contributed by atoms with E-state index in [1.54, 1.807) is 24.3 Å². The molecule has 0 saturated carbocycles. The normalized spacial score (nSPS) is 21.2. The zero-order valence-corrected chi connectivity index (χ0v) is 10.4. The molecule has 0 radical (unpaired) electrons. The minimum Gasteiger partial charge on any atom is -0.447 e. The van der Waals surface area contributed by atoms with Gasteiger partial charge in [0, 0.05) is 12.7 Å². The van der Waals surface area contributed by atoms with Crippen LogP contribution in [0.2, 0.25) is 0 Å². The quantitative estimate of drug-likeness (QED) is 0.897. The average Bonchev–Trinajstić information content (AvgIpc) is 2.47. The van der Waals surface area contributed by atoms with Gasteiger partial charge in [-0.3, -0.25) is 4.79 Å². The van der Waals surface area contributed by atoms with Gasteiger partial charge in [0.25, 0.3) is 0 Å². The molecular weight excluding hydrogens is 242 g/mol. The zero-order chi connectivity index (χ0) is 13.3. The number of fused-ring (bicyclic) bond motifs is 1. The monoisotopic (exact) mass is 255 g/mol. The van der Waals surface area contributed by atoms with Crippen LogP contribution in [0.25, 0.3) is 0 Å². The van der Waals surface area contributed by atoms with Crippen molar-refractivity contribution in [2.75, 3.05) is 12.4 Å². The van der Waals surface area contributed by atoms with Crippen LogP contribution in [0.1, 0.15) is 5.56 Å². The van der Waals surface area contributed by atoms with Crippen molar-refractivity contribution < 1.29 is 14.3 Å². The highest BCUT2D eigenvalue weighted by Crippen LogP contribution is 2.38. The molecule has 0 saturated heterocycles. The second-order valence-electron chi connectivity index (χ2n) is 4.24. The Balaban J connectivity index is 2.11. The van der Waals surface area contributed by atoms with Gasteiger partial charge in [-0.1, -0.05) is 42.5 Å². The van der Waals surface area contributed by atoms with Crippen LogP contribution in [0.15, 0.2) is 54.6 Å². The van der Waals surface area contributed by atoms with E-state index in [0.717, 1.165) is 0 Å². The van der Waals surface area contributed by atoms with Gasteiger partial charge in [-0.2, -0.15) is 0 Å². The van der Waals surface area contributed by atoms with E-state index in [0.29, 0.717) is 17.0 Å². The number of para-hydroxylation sites is 2. The fraction of sp³-hybridized carbons (Fsp3) is 0.133. The van der Waals surface area contributed by atoms with E-state index in [-0.39, 0.29) is 5.91 Å².